The molecule has 1 saturated heterocycles. The highest BCUT2D eigenvalue weighted by molar-refractivity contribution is 7.89. The van der Waals surface area contributed by atoms with Crippen molar-refractivity contribution in [3.63, 3.8) is 0 Å². The smallest absolute Gasteiger partial charge is 0.243 e. The summed E-state index contributed by atoms with van der Waals surface area (Å²) in [5.41, 5.74) is 2.06. The van der Waals surface area contributed by atoms with E-state index < -0.39 is 21.7 Å². The molecule has 3 aromatic rings. The van der Waals surface area contributed by atoms with Crippen molar-refractivity contribution in [3.05, 3.63) is 83.9 Å². The van der Waals surface area contributed by atoms with Crippen LogP contribution in [-0.2, 0) is 27.9 Å². The number of benzene rings is 2. The molecular formula is C23H24F2N4O3S. The number of carbonyl (C=O) groups excluding carboxylic acids is 1. The molecule has 10 heteroatoms. The Balaban J connectivity index is 1.30. The van der Waals surface area contributed by atoms with Gasteiger partial charge in [0.1, 0.15) is 0 Å². The lowest BCUT2D eigenvalue weighted by Gasteiger charge is -2.30. The molecule has 1 aliphatic rings. The van der Waals surface area contributed by atoms with E-state index in [4.69, 9.17) is 0 Å². The minimum absolute atomic E-state index is 0.125. The third kappa shape index (κ3) is 5.45. The second-order valence-corrected chi connectivity index (χ2v) is 9.96. The molecule has 2 heterocycles. The Morgan fingerprint density at radius 3 is 2.52 bits per heavy atom. The van der Waals surface area contributed by atoms with Gasteiger partial charge in [-0.05, 0) is 42.2 Å². The number of halogens is 2. The zero-order valence-corrected chi connectivity index (χ0v) is 18.6. The number of hydrogen-bond acceptors (Lipinski definition) is 4. The molecule has 0 aliphatic carbocycles. The second-order valence-electron chi connectivity index (χ2n) is 8.03. The predicted molar refractivity (Wildman–Crippen MR) is 117 cm³/mol. The minimum atomic E-state index is -3.94. The minimum Gasteiger partial charge on any atom is -0.352 e. The van der Waals surface area contributed by atoms with Crippen molar-refractivity contribution in [3.8, 4) is 0 Å². The van der Waals surface area contributed by atoms with Crippen LogP contribution in [0.15, 0.2) is 66.1 Å². The van der Waals surface area contributed by atoms with Crippen molar-refractivity contribution < 1.29 is 22.0 Å². The molecule has 1 aliphatic heterocycles. The third-order valence-corrected chi connectivity index (χ3v) is 7.63. The lowest BCUT2D eigenvalue weighted by Crippen LogP contribution is -2.42. The molecule has 0 atom stereocenters. The lowest BCUT2D eigenvalue weighted by molar-refractivity contribution is -0.126. The van der Waals surface area contributed by atoms with Gasteiger partial charge in [0.25, 0.3) is 0 Å². The maximum absolute atomic E-state index is 13.5. The average Bonchev–Trinajstić information content (AvgIpc) is 3.32. The monoisotopic (exact) mass is 474 g/mol. The largest absolute Gasteiger partial charge is 0.352 e. The first-order valence-electron chi connectivity index (χ1n) is 10.6. The maximum atomic E-state index is 13.5. The topological polar surface area (TPSA) is 84.3 Å². The van der Waals surface area contributed by atoms with E-state index in [0.717, 1.165) is 23.3 Å². The summed E-state index contributed by atoms with van der Waals surface area (Å²) >= 11 is 0. The molecule has 7 nitrogen and oxygen atoms in total. The van der Waals surface area contributed by atoms with Gasteiger partial charge in [0.05, 0.1) is 11.2 Å². The van der Waals surface area contributed by atoms with E-state index in [-0.39, 0.29) is 29.8 Å². The van der Waals surface area contributed by atoms with E-state index in [1.54, 1.807) is 12.5 Å². The van der Waals surface area contributed by atoms with Gasteiger partial charge < -0.3 is 9.88 Å². The van der Waals surface area contributed by atoms with Crippen LogP contribution in [-0.4, -0.2) is 41.3 Å². The quantitative estimate of drug-likeness (QED) is 0.571. The van der Waals surface area contributed by atoms with Crippen LogP contribution in [0.5, 0.6) is 0 Å². The van der Waals surface area contributed by atoms with Gasteiger partial charge in [-0.1, -0.05) is 24.3 Å². The fraction of sp³-hybridized carbons (Fsp3) is 0.304. The Kier molecular flexibility index (Phi) is 6.85. The lowest BCUT2D eigenvalue weighted by atomic mass is 9.97. The molecular weight excluding hydrogens is 450 g/mol. The first-order chi connectivity index (χ1) is 15.8. The summed E-state index contributed by atoms with van der Waals surface area (Å²) in [6, 6.07) is 10.4. The number of hydrogen-bond donors (Lipinski definition) is 1. The molecule has 1 N–H and O–H groups in total. The fourth-order valence-corrected chi connectivity index (χ4v) is 5.39. The molecule has 33 heavy (non-hydrogen) atoms. The van der Waals surface area contributed by atoms with Crippen molar-refractivity contribution in [1.82, 2.24) is 19.2 Å². The van der Waals surface area contributed by atoms with Crippen LogP contribution in [0, 0.1) is 17.6 Å². The molecule has 0 radical (unpaired) electrons. The van der Waals surface area contributed by atoms with Crippen molar-refractivity contribution in [2.24, 2.45) is 5.92 Å². The number of aromatic nitrogens is 2. The molecule has 0 unspecified atom stereocenters. The van der Waals surface area contributed by atoms with Gasteiger partial charge in [-0.3, -0.25) is 4.79 Å². The molecule has 4 rings (SSSR count). The van der Waals surface area contributed by atoms with Crippen LogP contribution in [0.25, 0.3) is 0 Å². The Labute approximate surface area is 191 Å². The fourth-order valence-electron chi connectivity index (χ4n) is 3.91. The highest BCUT2D eigenvalue weighted by Gasteiger charge is 2.32. The zero-order chi connectivity index (χ0) is 23.4. The van der Waals surface area contributed by atoms with Crippen LogP contribution in [0.1, 0.15) is 24.0 Å². The molecule has 2 aromatic carbocycles. The summed E-state index contributed by atoms with van der Waals surface area (Å²) in [6.45, 7) is 1.34. The van der Waals surface area contributed by atoms with Crippen molar-refractivity contribution in [2.75, 3.05) is 13.1 Å². The molecule has 1 amide bonds. The summed E-state index contributed by atoms with van der Waals surface area (Å²) < 4.78 is 55.2. The highest BCUT2D eigenvalue weighted by Crippen LogP contribution is 2.25. The van der Waals surface area contributed by atoms with Gasteiger partial charge in [0.2, 0.25) is 15.9 Å². The van der Waals surface area contributed by atoms with E-state index in [2.05, 4.69) is 10.3 Å². The number of sulfonamides is 1. The SMILES string of the molecule is O=C(NCc1cccc(Cn2ccnc2)c1)C1CCN(S(=O)(=O)c2ccc(F)c(F)c2)CC1. The molecule has 0 bridgehead atoms. The predicted octanol–water partition coefficient (Wildman–Crippen LogP) is 2.93. The summed E-state index contributed by atoms with van der Waals surface area (Å²) in [7, 11) is -3.94. The van der Waals surface area contributed by atoms with Crippen LogP contribution < -0.4 is 5.32 Å². The summed E-state index contributed by atoms with van der Waals surface area (Å²) in [5, 5.41) is 2.94. The number of amides is 1. The number of nitrogens with zero attached hydrogens (tertiary/aromatic N) is 3. The van der Waals surface area contributed by atoms with E-state index in [1.807, 2.05) is 35.0 Å². The van der Waals surface area contributed by atoms with Gasteiger partial charge in [-0.25, -0.2) is 22.2 Å². The molecule has 0 spiro atoms. The number of rotatable bonds is 7. The average molecular weight is 475 g/mol. The molecule has 1 aromatic heterocycles. The Morgan fingerprint density at radius 2 is 1.82 bits per heavy atom. The van der Waals surface area contributed by atoms with E-state index in [9.17, 15) is 22.0 Å². The molecule has 174 valence electrons. The summed E-state index contributed by atoms with van der Waals surface area (Å²) in [5.74, 6) is -2.74. The van der Waals surface area contributed by atoms with Crippen LogP contribution in [0.3, 0.4) is 0 Å². The first kappa shape index (κ1) is 23.1. The van der Waals surface area contributed by atoms with Gasteiger partial charge in [-0.15, -0.1) is 0 Å². The number of piperidine rings is 1. The van der Waals surface area contributed by atoms with E-state index in [0.29, 0.717) is 32.0 Å². The van der Waals surface area contributed by atoms with Crippen molar-refractivity contribution in [1.29, 1.82) is 0 Å². The Morgan fingerprint density at radius 1 is 1.06 bits per heavy atom. The number of imidazole rings is 1. The van der Waals surface area contributed by atoms with Gasteiger partial charge >= 0.3 is 0 Å². The van der Waals surface area contributed by atoms with Gasteiger partial charge in [-0.2, -0.15) is 4.31 Å². The standard InChI is InChI=1S/C23H24F2N4O3S/c24-21-5-4-20(13-22(21)25)33(31,32)29-9-6-19(7-10-29)23(30)27-14-17-2-1-3-18(12-17)15-28-11-8-26-16-28/h1-5,8,11-13,16,19H,6-7,9-10,14-15H2,(H,27,30). The third-order valence-electron chi connectivity index (χ3n) is 5.74. The number of carbonyl (C=O) groups is 1. The molecule has 0 saturated carbocycles. The van der Waals surface area contributed by atoms with Crippen LogP contribution >= 0.6 is 0 Å². The van der Waals surface area contributed by atoms with E-state index >= 15 is 0 Å². The maximum Gasteiger partial charge on any atom is 0.243 e. The van der Waals surface area contributed by atoms with E-state index in [1.165, 1.54) is 4.31 Å². The normalized spacial score (nSPS) is 15.5. The van der Waals surface area contributed by atoms with Crippen molar-refractivity contribution in [2.45, 2.75) is 30.8 Å². The highest BCUT2D eigenvalue weighted by atomic mass is 32.2. The van der Waals surface area contributed by atoms with Crippen LogP contribution in [0.2, 0.25) is 0 Å². The Hall–Kier alpha value is -3.11. The van der Waals surface area contributed by atoms with Gasteiger partial charge in [0.15, 0.2) is 11.6 Å². The van der Waals surface area contributed by atoms with Crippen LogP contribution in [0.4, 0.5) is 8.78 Å². The summed E-state index contributed by atoms with van der Waals surface area (Å²) in [4.78, 5) is 16.4. The molecule has 1 fully saturated rings. The number of nitrogens with one attached hydrogen (secondary N) is 1. The van der Waals surface area contributed by atoms with Crippen molar-refractivity contribution >= 4 is 15.9 Å². The Bertz CT molecular complexity index is 1220. The first-order valence-corrected chi connectivity index (χ1v) is 12.0. The van der Waals surface area contributed by atoms with Gasteiger partial charge in [0, 0.05) is 44.5 Å². The second kappa shape index (κ2) is 9.80. The zero-order valence-electron chi connectivity index (χ0n) is 17.8. The summed E-state index contributed by atoms with van der Waals surface area (Å²) in [6.07, 6.45) is 6.06.